The molecule has 0 aliphatic carbocycles. The van der Waals surface area contributed by atoms with Crippen molar-refractivity contribution < 1.29 is 9.59 Å². The molecule has 2 amide bonds. The lowest BCUT2D eigenvalue weighted by Gasteiger charge is -2.31. The first kappa shape index (κ1) is 15.6. The van der Waals surface area contributed by atoms with Crippen molar-refractivity contribution in [2.75, 3.05) is 5.32 Å². The highest BCUT2D eigenvalue weighted by atomic mass is 32.2. The molecule has 1 heterocycles. The number of anilines is 1. The molecule has 0 saturated heterocycles. The van der Waals surface area contributed by atoms with Crippen LogP contribution in [-0.2, 0) is 16.1 Å². The summed E-state index contributed by atoms with van der Waals surface area (Å²) < 4.78 is -1.17. The van der Waals surface area contributed by atoms with Crippen LogP contribution in [0, 0.1) is 6.92 Å². The molecule has 1 aliphatic heterocycles. The largest absolute Gasteiger partial charge is 0.350 e. The van der Waals surface area contributed by atoms with Crippen LogP contribution in [0.5, 0.6) is 0 Å². The van der Waals surface area contributed by atoms with Gasteiger partial charge in [0.1, 0.15) is 0 Å². The van der Waals surface area contributed by atoms with E-state index in [4.69, 9.17) is 0 Å². The minimum Gasteiger partial charge on any atom is -0.350 e. The van der Waals surface area contributed by atoms with Crippen LogP contribution < -0.4 is 10.6 Å². The molecule has 2 N–H and O–H groups in total. The van der Waals surface area contributed by atoms with Crippen molar-refractivity contribution in [2.45, 2.75) is 30.0 Å². The molecule has 0 spiro atoms. The molecule has 118 valence electrons. The SMILES string of the molecule is Cc1ccccc1CNC(=O)C1(C)Sc2ccccc2NC1=O. The lowest BCUT2D eigenvalue weighted by molar-refractivity contribution is -0.130. The number of thioether (sulfide) groups is 1. The molecular weight excluding hydrogens is 308 g/mol. The second-order valence-corrected chi connectivity index (χ2v) is 7.16. The molecule has 4 nitrogen and oxygen atoms in total. The van der Waals surface area contributed by atoms with Gasteiger partial charge in [0.15, 0.2) is 4.75 Å². The summed E-state index contributed by atoms with van der Waals surface area (Å²) in [6.07, 6.45) is 0. The van der Waals surface area contributed by atoms with E-state index in [9.17, 15) is 9.59 Å². The van der Waals surface area contributed by atoms with Crippen LogP contribution >= 0.6 is 11.8 Å². The Bertz CT molecular complexity index is 775. The van der Waals surface area contributed by atoms with Gasteiger partial charge in [0, 0.05) is 11.4 Å². The zero-order chi connectivity index (χ0) is 16.4. The van der Waals surface area contributed by atoms with Crippen molar-refractivity contribution in [2.24, 2.45) is 0 Å². The summed E-state index contributed by atoms with van der Waals surface area (Å²) in [5, 5.41) is 5.71. The van der Waals surface area contributed by atoms with E-state index in [2.05, 4.69) is 10.6 Å². The normalized spacial score (nSPS) is 19.7. The molecular formula is C18H18N2O2S. The van der Waals surface area contributed by atoms with Crippen LogP contribution in [0.15, 0.2) is 53.4 Å². The van der Waals surface area contributed by atoms with Gasteiger partial charge in [0.05, 0.1) is 5.69 Å². The van der Waals surface area contributed by atoms with Gasteiger partial charge in [0.25, 0.3) is 0 Å². The highest BCUT2D eigenvalue weighted by Gasteiger charge is 2.45. The number of carbonyl (C=O) groups excluding carboxylic acids is 2. The van der Waals surface area contributed by atoms with Gasteiger partial charge >= 0.3 is 0 Å². The fourth-order valence-electron chi connectivity index (χ4n) is 2.47. The van der Waals surface area contributed by atoms with Crippen molar-refractivity contribution in [3.05, 3.63) is 59.7 Å². The lowest BCUT2D eigenvalue weighted by atomic mass is 10.1. The van der Waals surface area contributed by atoms with E-state index in [0.717, 1.165) is 21.7 Å². The zero-order valence-corrected chi connectivity index (χ0v) is 13.9. The van der Waals surface area contributed by atoms with Gasteiger partial charge in [-0.25, -0.2) is 0 Å². The number of amides is 2. The molecule has 0 radical (unpaired) electrons. The second-order valence-electron chi connectivity index (χ2n) is 5.69. The Kier molecular flexibility index (Phi) is 4.13. The molecule has 0 bridgehead atoms. The first-order valence-electron chi connectivity index (χ1n) is 7.43. The Morgan fingerprint density at radius 3 is 2.65 bits per heavy atom. The molecule has 3 rings (SSSR count). The molecule has 1 aliphatic rings. The standard InChI is InChI=1S/C18H18N2O2S/c1-12-7-3-4-8-13(12)11-19-16(21)18(2)17(22)20-14-9-5-6-10-15(14)23-18/h3-10H,11H2,1-2H3,(H,19,21)(H,20,22). The van der Waals surface area contributed by atoms with Crippen LogP contribution in [-0.4, -0.2) is 16.6 Å². The number of benzene rings is 2. The topological polar surface area (TPSA) is 58.2 Å². The maximum absolute atomic E-state index is 12.6. The third-order valence-corrected chi connectivity index (χ3v) is 5.37. The maximum Gasteiger partial charge on any atom is 0.250 e. The molecule has 1 atom stereocenters. The van der Waals surface area contributed by atoms with E-state index < -0.39 is 4.75 Å². The minimum atomic E-state index is -1.17. The number of carbonyl (C=O) groups is 2. The van der Waals surface area contributed by atoms with Gasteiger partial charge in [-0.1, -0.05) is 48.2 Å². The van der Waals surface area contributed by atoms with Crippen LogP contribution in [0.4, 0.5) is 5.69 Å². The number of fused-ring (bicyclic) bond motifs is 1. The van der Waals surface area contributed by atoms with Crippen LogP contribution in [0.1, 0.15) is 18.1 Å². The Balaban J connectivity index is 1.76. The summed E-state index contributed by atoms with van der Waals surface area (Å²) >= 11 is 1.29. The van der Waals surface area contributed by atoms with E-state index in [1.54, 1.807) is 6.92 Å². The average molecular weight is 326 g/mol. The smallest absolute Gasteiger partial charge is 0.250 e. The fraction of sp³-hybridized carbons (Fsp3) is 0.222. The zero-order valence-electron chi connectivity index (χ0n) is 13.1. The first-order chi connectivity index (χ1) is 11.0. The number of hydrogen-bond donors (Lipinski definition) is 2. The van der Waals surface area contributed by atoms with Crippen LogP contribution in [0.2, 0.25) is 0 Å². The van der Waals surface area contributed by atoms with Crippen molar-refractivity contribution in [1.82, 2.24) is 5.32 Å². The quantitative estimate of drug-likeness (QED) is 0.852. The van der Waals surface area contributed by atoms with Crippen molar-refractivity contribution in [3.63, 3.8) is 0 Å². The molecule has 0 aromatic heterocycles. The molecule has 1 unspecified atom stereocenters. The monoisotopic (exact) mass is 326 g/mol. The van der Waals surface area contributed by atoms with Gasteiger partial charge in [-0.3, -0.25) is 9.59 Å². The van der Waals surface area contributed by atoms with E-state index in [-0.39, 0.29) is 11.8 Å². The summed E-state index contributed by atoms with van der Waals surface area (Å²) in [6, 6.07) is 15.4. The highest BCUT2D eigenvalue weighted by Crippen LogP contribution is 2.42. The molecule has 5 heteroatoms. The van der Waals surface area contributed by atoms with E-state index >= 15 is 0 Å². The van der Waals surface area contributed by atoms with Crippen LogP contribution in [0.3, 0.4) is 0 Å². The number of aryl methyl sites for hydroxylation is 1. The predicted molar refractivity (Wildman–Crippen MR) is 92.4 cm³/mol. The van der Waals surface area contributed by atoms with Crippen molar-refractivity contribution in [3.8, 4) is 0 Å². The summed E-state index contributed by atoms with van der Waals surface area (Å²) in [5.41, 5.74) is 2.92. The fourth-order valence-corrected chi connectivity index (χ4v) is 3.59. The molecule has 0 saturated carbocycles. The maximum atomic E-state index is 12.6. The summed E-state index contributed by atoms with van der Waals surface area (Å²) in [7, 11) is 0. The Morgan fingerprint density at radius 1 is 1.17 bits per heavy atom. The molecule has 2 aromatic carbocycles. The highest BCUT2D eigenvalue weighted by molar-refractivity contribution is 8.02. The second kappa shape index (κ2) is 6.08. The van der Waals surface area contributed by atoms with Gasteiger partial charge < -0.3 is 10.6 Å². The Labute approximate surface area is 139 Å². The Hall–Kier alpha value is -2.27. The van der Waals surface area contributed by atoms with Gasteiger partial charge in [-0.05, 0) is 37.1 Å². The first-order valence-corrected chi connectivity index (χ1v) is 8.24. The average Bonchev–Trinajstić information content (AvgIpc) is 2.55. The summed E-state index contributed by atoms with van der Waals surface area (Å²) in [6.45, 7) is 4.08. The number of hydrogen-bond acceptors (Lipinski definition) is 3. The van der Waals surface area contributed by atoms with Gasteiger partial charge in [-0.2, -0.15) is 0 Å². The van der Waals surface area contributed by atoms with E-state index in [1.165, 1.54) is 11.8 Å². The van der Waals surface area contributed by atoms with E-state index in [0.29, 0.717) is 6.54 Å². The van der Waals surface area contributed by atoms with Gasteiger partial charge in [0.2, 0.25) is 11.8 Å². The minimum absolute atomic E-state index is 0.280. The number of nitrogens with one attached hydrogen (secondary N) is 2. The van der Waals surface area contributed by atoms with E-state index in [1.807, 2.05) is 55.5 Å². The molecule has 2 aromatic rings. The third-order valence-electron chi connectivity index (χ3n) is 4.02. The van der Waals surface area contributed by atoms with Crippen LogP contribution in [0.25, 0.3) is 0 Å². The van der Waals surface area contributed by atoms with Crippen molar-refractivity contribution >= 4 is 29.3 Å². The predicted octanol–water partition coefficient (Wildman–Crippen LogP) is 3.11. The lowest BCUT2D eigenvalue weighted by Crippen LogP contribution is -2.51. The molecule has 23 heavy (non-hydrogen) atoms. The van der Waals surface area contributed by atoms with Gasteiger partial charge in [-0.15, -0.1) is 0 Å². The number of rotatable bonds is 3. The Morgan fingerprint density at radius 2 is 1.87 bits per heavy atom. The number of para-hydroxylation sites is 1. The third kappa shape index (κ3) is 2.97. The summed E-state index contributed by atoms with van der Waals surface area (Å²) in [5.74, 6) is -0.568. The van der Waals surface area contributed by atoms with Crippen molar-refractivity contribution in [1.29, 1.82) is 0 Å². The molecule has 0 fully saturated rings. The summed E-state index contributed by atoms with van der Waals surface area (Å²) in [4.78, 5) is 25.9.